The fourth-order valence-corrected chi connectivity index (χ4v) is 5.01. The Balaban J connectivity index is 1.63. The number of benzene rings is 2. The van der Waals surface area contributed by atoms with Crippen LogP contribution in [-0.2, 0) is 4.74 Å². The van der Waals surface area contributed by atoms with Crippen molar-refractivity contribution in [2.24, 2.45) is 5.10 Å². The molecule has 3 aliphatic heterocycles. The molecule has 5 rings (SSSR count). The molecule has 0 unspecified atom stereocenters. The van der Waals surface area contributed by atoms with Gasteiger partial charge in [-0.3, -0.25) is 0 Å². The van der Waals surface area contributed by atoms with Gasteiger partial charge in [-0.2, -0.15) is 5.10 Å². The first-order valence-electron chi connectivity index (χ1n) is 10.2. The fraction of sp³-hybridized carbons (Fsp3) is 0.458. The molecule has 0 N–H and O–H groups in total. The van der Waals surface area contributed by atoms with E-state index in [1.807, 2.05) is 0 Å². The van der Waals surface area contributed by atoms with E-state index in [0.717, 1.165) is 30.7 Å². The van der Waals surface area contributed by atoms with E-state index in [0.29, 0.717) is 6.61 Å². The summed E-state index contributed by atoms with van der Waals surface area (Å²) in [4.78, 5) is 0. The van der Waals surface area contributed by atoms with Crippen molar-refractivity contribution < 1.29 is 9.47 Å². The fourth-order valence-electron chi connectivity index (χ4n) is 5.01. The molecule has 146 valence electrons. The first kappa shape index (κ1) is 17.7. The van der Waals surface area contributed by atoms with Crippen LogP contribution in [-0.4, -0.2) is 28.7 Å². The van der Waals surface area contributed by atoms with E-state index >= 15 is 0 Å². The highest BCUT2D eigenvalue weighted by molar-refractivity contribution is 6.03. The number of aryl methyl sites for hydroxylation is 2. The topological polar surface area (TPSA) is 34.1 Å². The van der Waals surface area contributed by atoms with Crippen LogP contribution in [0.2, 0.25) is 0 Å². The molecule has 4 heteroatoms. The van der Waals surface area contributed by atoms with Crippen molar-refractivity contribution in [3.63, 3.8) is 0 Å². The average Bonchev–Trinajstić information content (AvgIpc) is 3.09. The van der Waals surface area contributed by atoms with Gasteiger partial charge in [0.2, 0.25) is 5.72 Å². The van der Waals surface area contributed by atoms with Crippen molar-refractivity contribution in [2.45, 2.75) is 64.3 Å². The van der Waals surface area contributed by atoms with E-state index in [1.165, 1.54) is 22.3 Å². The smallest absolute Gasteiger partial charge is 0.203 e. The molecule has 0 saturated carbocycles. The normalized spacial score (nSPS) is 27.8. The third-order valence-corrected chi connectivity index (χ3v) is 6.30. The van der Waals surface area contributed by atoms with Crippen LogP contribution < -0.4 is 4.74 Å². The average molecular weight is 377 g/mol. The van der Waals surface area contributed by atoms with Crippen molar-refractivity contribution in [1.29, 1.82) is 0 Å². The Morgan fingerprint density at radius 2 is 1.93 bits per heavy atom. The summed E-state index contributed by atoms with van der Waals surface area (Å²) >= 11 is 0. The van der Waals surface area contributed by atoms with Gasteiger partial charge in [0.15, 0.2) is 0 Å². The molecule has 4 nitrogen and oxygen atoms in total. The summed E-state index contributed by atoms with van der Waals surface area (Å²) in [6.07, 6.45) is 2.53. The number of ether oxygens (including phenoxy) is 2. The molecule has 2 aromatic rings. The van der Waals surface area contributed by atoms with Crippen molar-refractivity contribution in [1.82, 2.24) is 5.01 Å². The molecule has 0 amide bonds. The van der Waals surface area contributed by atoms with Crippen LogP contribution in [0.25, 0.3) is 0 Å². The summed E-state index contributed by atoms with van der Waals surface area (Å²) in [6, 6.07) is 15.3. The molecular formula is C24H28N2O2. The minimum atomic E-state index is -0.444. The van der Waals surface area contributed by atoms with Crippen LogP contribution in [0.1, 0.15) is 61.4 Å². The molecule has 2 atom stereocenters. The van der Waals surface area contributed by atoms with Gasteiger partial charge in [0.25, 0.3) is 0 Å². The van der Waals surface area contributed by atoms with Crippen LogP contribution in [0.15, 0.2) is 47.6 Å². The molecule has 0 aliphatic carbocycles. The molecule has 0 aromatic heterocycles. The zero-order valence-corrected chi connectivity index (χ0v) is 17.2. The van der Waals surface area contributed by atoms with Crippen LogP contribution in [0.4, 0.5) is 0 Å². The second-order valence-electron chi connectivity index (χ2n) is 9.05. The summed E-state index contributed by atoms with van der Waals surface area (Å²) < 4.78 is 12.7. The van der Waals surface area contributed by atoms with E-state index in [1.54, 1.807) is 0 Å². The Hall–Kier alpha value is -2.33. The van der Waals surface area contributed by atoms with Gasteiger partial charge in [-0.1, -0.05) is 35.9 Å². The number of hydrazone groups is 1. The first-order chi connectivity index (χ1) is 13.4. The lowest BCUT2D eigenvalue weighted by Crippen LogP contribution is -2.60. The second kappa shape index (κ2) is 6.08. The van der Waals surface area contributed by atoms with Crippen molar-refractivity contribution in [3.05, 3.63) is 64.7 Å². The Morgan fingerprint density at radius 3 is 2.75 bits per heavy atom. The Labute approximate surface area is 167 Å². The molecule has 1 spiro atoms. The number of rotatable bonds is 1. The summed E-state index contributed by atoms with van der Waals surface area (Å²) in [6.45, 7) is 9.31. The zero-order valence-electron chi connectivity index (χ0n) is 17.2. The molecular weight excluding hydrogens is 348 g/mol. The third kappa shape index (κ3) is 2.74. The lowest BCUT2D eigenvalue weighted by molar-refractivity contribution is -0.212. The van der Waals surface area contributed by atoms with Crippen LogP contribution in [0, 0.1) is 13.8 Å². The predicted octanol–water partition coefficient (Wildman–Crippen LogP) is 5.13. The van der Waals surface area contributed by atoms with E-state index in [4.69, 9.17) is 14.6 Å². The van der Waals surface area contributed by atoms with E-state index in [9.17, 15) is 0 Å². The molecule has 28 heavy (non-hydrogen) atoms. The largest absolute Gasteiger partial charge is 0.466 e. The van der Waals surface area contributed by atoms with E-state index in [2.05, 4.69) is 75.2 Å². The highest BCUT2D eigenvalue weighted by Gasteiger charge is 2.54. The minimum absolute atomic E-state index is 0.216. The standard InChI is InChI=1S/C24H28N2O2/c1-16-9-10-17(2)19(13-16)20-14-21-18-7-5-6-8-22(18)28-24(26(21)25-20)11-12-27-23(3,4)15-24/h5-10,13,21H,11-12,14-15H2,1-4H3/t21-,24+/m0/s1. The van der Waals surface area contributed by atoms with Crippen LogP contribution in [0.3, 0.4) is 0 Å². The first-order valence-corrected chi connectivity index (χ1v) is 10.2. The zero-order chi connectivity index (χ0) is 19.5. The lowest BCUT2D eigenvalue weighted by Gasteiger charge is -2.52. The highest BCUT2D eigenvalue weighted by atomic mass is 16.5. The Kier molecular flexibility index (Phi) is 3.86. The number of hydrogen-bond acceptors (Lipinski definition) is 4. The van der Waals surface area contributed by atoms with Gasteiger partial charge in [-0.05, 0) is 45.4 Å². The van der Waals surface area contributed by atoms with Gasteiger partial charge < -0.3 is 9.47 Å². The molecule has 3 heterocycles. The Morgan fingerprint density at radius 1 is 1.11 bits per heavy atom. The molecule has 0 bridgehead atoms. The second-order valence-corrected chi connectivity index (χ2v) is 9.05. The maximum absolute atomic E-state index is 6.69. The van der Waals surface area contributed by atoms with Gasteiger partial charge in [-0.25, -0.2) is 5.01 Å². The third-order valence-electron chi connectivity index (χ3n) is 6.30. The number of nitrogens with zero attached hydrogens (tertiary/aromatic N) is 2. The van der Waals surface area contributed by atoms with E-state index < -0.39 is 5.72 Å². The molecule has 0 radical (unpaired) electrons. The minimum Gasteiger partial charge on any atom is -0.466 e. The maximum atomic E-state index is 6.69. The molecule has 2 aromatic carbocycles. The van der Waals surface area contributed by atoms with Gasteiger partial charge in [0.1, 0.15) is 5.75 Å². The van der Waals surface area contributed by atoms with Crippen LogP contribution >= 0.6 is 0 Å². The van der Waals surface area contributed by atoms with E-state index in [-0.39, 0.29) is 11.6 Å². The number of para-hydroxylation sites is 1. The summed E-state index contributed by atoms with van der Waals surface area (Å²) in [5.41, 5.74) is 5.53. The molecule has 1 fully saturated rings. The quantitative estimate of drug-likeness (QED) is 0.692. The Bertz CT molecular complexity index is 965. The van der Waals surface area contributed by atoms with Gasteiger partial charge in [0.05, 0.1) is 24.0 Å². The van der Waals surface area contributed by atoms with Crippen LogP contribution in [0.5, 0.6) is 5.75 Å². The summed E-state index contributed by atoms with van der Waals surface area (Å²) in [7, 11) is 0. The number of fused-ring (bicyclic) bond motifs is 4. The lowest BCUT2D eigenvalue weighted by atomic mass is 9.86. The van der Waals surface area contributed by atoms with Gasteiger partial charge in [-0.15, -0.1) is 0 Å². The maximum Gasteiger partial charge on any atom is 0.203 e. The van der Waals surface area contributed by atoms with Gasteiger partial charge >= 0.3 is 0 Å². The van der Waals surface area contributed by atoms with Crippen molar-refractivity contribution in [2.75, 3.05) is 6.61 Å². The highest BCUT2D eigenvalue weighted by Crippen LogP contribution is 2.51. The SMILES string of the molecule is Cc1ccc(C)c(C2=NN3[C@@H](C2)c2ccccc2O[C@@]32CCOC(C)(C)C2)c1. The van der Waals surface area contributed by atoms with Crippen molar-refractivity contribution >= 4 is 5.71 Å². The molecule has 3 aliphatic rings. The van der Waals surface area contributed by atoms with Crippen molar-refractivity contribution in [3.8, 4) is 5.75 Å². The predicted molar refractivity (Wildman–Crippen MR) is 111 cm³/mol. The number of hydrogen-bond donors (Lipinski definition) is 0. The monoisotopic (exact) mass is 376 g/mol. The van der Waals surface area contributed by atoms with Gasteiger partial charge in [0, 0.05) is 30.4 Å². The summed E-state index contributed by atoms with van der Waals surface area (Å²) in [5.74, 6) is 0.999. The molecule has 1 saturated heterocycles. The summed E-state index contributed by atoms with van der Waals surface area (Å²) in [5, 5.41) is 7.45.